The number of aliphatic carboxylic acids is 1. The number of carboxylic acid groups (broad SMARTS) is 1. The van der Waals surface area contributed by atoms with Gasteiger partial charge in [0.2, 0.25) is 0 Å². The highest BCUT2D eigenvalue weighted by Crippen LogP contribution is 2.34. The molecule has 20 heavy (non-hydrogen) atoms. The fourth-order valence-corrected chi connectivity index (χ4v) is 3.28. The standard InChI is InChI=1S/C14H20N2O3S/c1-3-14(12(17)18)5-6-16(10-14)13(19)15(2)8-11-4-7-20-9-11/h4,7,9H,3,5-6,8,10H2,1-2H3,(H,17,18). The van der Waals surface area contributed by atoms with Crippen molar-refractivity contribution >= 4 is 23.3 Å². The summed E-state index contributed by atoms with van der Waals surface area (Å²) >= 11 is 1.60. The Bertz CT molecular complexity index is 489. The first-order valence-electron chi connectivity index (χ1n) is 6.73. The molecule has 1 fully saturated rings. The van der Waals surface area contributed by atoms with Crippen LogP contribution in [0.15, 0.2) is 16.8 Å². The molecule has 0 radical (unpaired) electrons. The van der Waals surface area contributed by atoms with Gasteiger partial charge in [0.05, 0.1) is 5.41 Å². The smallest absolute Gasteiger partial charge is 0.320 e. The van der Waals surface area contributed by atoms with Crippen LogP contribution in [-0.4, -0.2) is 47.0 Å². The summed E-state index contributed by atoms with van der Waals surface area (Å²) in [6.07, 6.45) is 1.09. The number of urea groups is 1. The zero-order chi connectivity index (χ0) is 14.8. The summed E-state index contributed by atoms with van der Waals surface area (Å²) in [5, 5.41) is 13.4. The highest BCUT2D eigenvalue weighted by Gasteiger charge is 2.45. The van der Waals surface area contributed by atoms with Gasteiger partial charge in [-0.3, -0.25) is 4.79 Å². The van der Waals surface area contributed by atoms with E-state index in [4.69, 9.17) is 0 Å². The van der Waals surface area contributed by atoms with Crippen molar-refractivity contribution in [1.29, 1.82) is 0 Å². The second-order valence-corrected chi connectivity index (χ2v) is 6.16. The Morgan fingerprint density at radius 2 is 2.30 bits per heavy atom. The molecule has 2 rings (SSSR count). The van der Waals surface area contributed by atoms with Gasteiger partial charge in [-0.05, 0) is 35.2 Å². The number of carboxylic acids is 1. The summed E-state index contributed by atoms with van der Waals surface area (Å²) in [5.74, 6) is -0.796. The maximum atomic E-state index is 12.4. The van der Waals surface area contributed by atoms with Crippen molar-refractivity contribution in [3.63, 3.8) is 0 Å². The van der Waals surface area contributed by atoms with Gasteiger partial charge in [-0.2, -0.15) is 11.3 Å². The molecule has 1 aromatic heterocycles. The molecule has 2 heterocycles. The van der Waals surface area contributed by atoms with Gasteiger partial charge in [-0.25, -0.2) is 4.79 Å². The highest BCUT2D eigenvalue weighted by atomic mass is 32.1. The van der Waals surface area contributed by atoms with Crippen LogP contribution in [0.1, 0.15) is 25.3 Å². The van der Waals surface area contributed by atoms with Crippen molar-refractivity contribution < 1.29 is 14.7 Å². The Labute approximate surface area is 122 Å². The van der Waals surface area contributed by atoms with E-state index in [2.05, 4.69) is 0 Å². The number of carbonyl (C=O) groups is 2. The van der Waals surface area contributed by atoms with Gasteiger partial charge in [0, 0.05) is 26.7 Å². The van der Waals surface area contributed by atoms with Crippen LogP contribution in [0, 0.1) is 5.41 Å². The first-order valence-corrected chi connectivity index (χ1v) is 7.67. The lowest BCUT2D eigenvalue weighted by Gasteiger charge is -2.26. The van der Waals surface area contributed by atoms with Crippen LogP contribution in [-0.2, 0) is 11.3 Å². The van der Waals surface area contributed by atoms with Gasteiger partial charge < -0.3 is 14.9 Å². The van der Waals surface area contributed by atoms with E-state index in [1.165, 1.54) is 0 Å². The maximum absolute atomic E-state index is 12.4. The molecule has 1 aromatic rings. The molecule has 0 bridgehead atoms. The van der Waals surface area contributed by atoms with Crippen LogP contribution >= 0.6 is 11.3 Å². The molecule has 0 spiro atoms. The highest BCUT2D eigenvalue weighted by molar-refractivity contribution is 7.07. The SMILES string of the molecule is CCC1(C(=O)O)CCN(C(=O)N(C)Cc2ccsc2)C1. The molecule has 2 amide bonds. The van der Waals surface area contributed by atoms with Gasteiger partial charge in [0.25, 0.3) is 0 Å². The molecule has 1 aliphatic rings. The van der Waals surface area contributed by atoms with E-state index >= 15 is 0 Å². The Balaban J connectivity index is 1.98. The van der Waals surface area contributed by atoms with Crippen LogP contribution in [0.3, 0.4) is 0 Å². The number of hydrogen-bond acceptors (Lipinski definition) is 3. The van der Waals surface area contributed by atoms with Crippen molar-refractivity contribution in [2.24, 2.45) is 5.41 Å². The lowest BCUT2D eigenvalue weighted by Crippen LogP contribution is -2.42. The Morgan fingerprint density at radius 3 is 2.80 bits per heavy atom. The summed E-state index contributed by atoms with van der Waals surface area (Å²) in [5.41, 5.74) is 0.337. The lowest BCUT2D eigenvalue weighted by molar-refractivity contribution is -0.148. The second kappa shape index (κ2) is 5.83. The molecule has 1 N–H and O–H groups in total. The summed E-state index contributed by atoms with van der Waals surface area (Å²) < 4.78 is 0. The van der Waals surface area contributed by atoms with Gasteiger partial charge in [-0.15, -0.1) is 0 Å². The zero-order valence-electron chi connectivity index (χ0n) is 11.8. The van der Waals surface area contributed by atoms with E-state index < -0.39 is 11.4 Å². The fourth-order valence-electron chi connectivity index (χ4n) is 2.62. The van der Waals surface area contributed by atoms with Gasteiger partial charge in [0.1, 0.15) is 0 Å². The Kier molecular flexibility index (Phi) is 4.32. The van der Waals surface area contributed by atoms with Crippen molar-refractivity contribution in [3.8, 4) is 0 Å². The van der Waals surface area contributed by atoms with E-state index in [0.29, 0.717) is 32.5 Å². The molecule has 1 atom stereocenters. The van der Waals surface area contributed by atoms with Crippen molar-refractivity contribution in [3.05, 3.63) is 22.4 Å². The third-order valence-corrected chi connectivity index (χ3v) is 4.81. The first kappa shape index (κ1) is 14.8. The van der Waals surface area contributed by atoms with Crippen LogP contribution in [0.2, 0.25) is 0 Å². The van der Waals surface area contributed by atoms with E-state index in [1.54, 1.807) is 28.2 Å². The summed E-state index contributed by atoms with van der Waals surface area (Å²) in [7, 11) is 1.76. The molecule has 1 unspecified atom stereocenters. The third-order valence-electron chi connectivity index (χ3n) is 4.08. The Hall–Kier alpha value is -1.56. The summed E-state index contributed by atoms with van der Waals surface area (Å²) in [4.78, 5) is 27.1. The lowest BCUT2D eigenvalue weighted by atomic mass is 9.84. The predicted molar refractivity (Wildman–Crippen MR) is 77.7 cm³/mol. The maximum Gasteiger partial charge on any atom is 0.320 e. The molecule has 0 aromatic carbocycles. The molecule has 110 valence electrons. The minimum Gasteiger partial charge on any atom is -0.481 e. The first-order chi connectivity index (χ1) is 9.48. The molecular formula is C14H20N2O3S. The second-order valence-electron chi connectivity index (χ2n) is 5.38. The molecule has 0 aliphatic carbocycles. The minimum absolute atomic E-state index is 0.0900. The number of nitrogens with zero attached hydrogens (tertiary/aromatic N) is 2. The van der Waals surface area contributed by atoms with Crippen LogP contribution in [0.5, 0.6) is 0 Å². The van der Waals surface area contributed by atoms with Crippen LogP contribution in [0.25, 0.3) is 0 Å². The van der Waals surface area contributed by atoms with Crippen molar-refractivity contribution in [2.75, 3.05) is 20.1 Å². The normalized spacial score (nSPS) is 22.0. The van der Waals surface area contributed by atoms with Gasteiger partial charge in [0.15, 0.2) is 0 Å². The molecule has 1 aliphatic heterocycles. The number of likely N-dealkylation sites (tertiary alicyclic amines) is 1. The van der Waals surface area contributed by atoms with Crippen molar-refractivity contribution in [1.82, 2.24) is 9.80 Å². The number of amides is 2. The van der Waals surface area contributed by atoms with E-state index in [9.17, 15) is 14.7 Å². The summed E-state index contributed by atoms with van der Waals surface area (Å²) in [6.45, 7) is 3.26. The predicted octanol–water partition coefficient (Wildman–Crippen LogP) is 2.49. The van der Waals surface area contributed by atoms with Crippen LogP contribution < -0.4 is 0 Å². The summed E-state index contributed by atoms with van der Waals surface area (Å²) in [6, 6.07) is 1.90. The topological polar surface area (TPSA) is 60.9 Å². The number of carbonyl (C=O) groups excluding carboxylic acids is 1. The van der Waals surface area contributed by atoms with Crippen molar-refractivity contribution in [2.45, 2.75) is 26.3 Å². The molecule has 1 saturated heterocycles. The molecule has 5 nitrogen and oxygen atoms in total. The van der Waals surface area contributed by atoms with E-state index in [1.807, 2.05) is 23.8 Å². The number of rotatable bonds is 4. The van der Waals surface area contributed by atoms with E-state index in [-0.39, 0.29) is 6.03 Å². The van der Waals surface area contributed by atoms with Crippen LogP contribution in [0.4, 0.5) is 4.79 Å². The molecule has 0 saturated carbocycles. The fraction of sp³-hybridized carbons (Fsp3) is 0.571. The number of hydrogen-bond donors (Lipinski definition) is 1. The number of thiophene rings is 1. The molecule has 6 heteroatoms. The average Bonchev–Trinajstić information content (AvgIpc) is 3.07. The average molecular weight is 296 g/mol. The van der Waals surface area contributed by atoms with Gasteiger partial charge >= 0.3 is 12.0 Å². The Morgan fingerprint density at radius 1 is 1.55 bits per heavy atom. The molecular weight excluding hydrogens is 276 g/mol. The monoisotopic (exact) mass is 296 g/mol. The quantitative estimate of drug-likeness (QED) is 0.928. The van der Waals surface area contributed by atoms with Gasteiger partial charge in [-0.1, -0.05) is 6.92 Å². The minimum atomic E-state index is -0.796. The third kappa shape index (κ3) is 2.80. The zero-order valence-corrected chi connectivity index (χ0v) is 12.7. The van der Waals surface area contributed by atoms with E-state index in [0.717, 1.165) is 5.56 Å². The largest absolute Gasteiger partial charge is 0.481 e.